The standard InChI is InChI=1S/C26H36N2O3/c1-17(27-31)26(28-13-5-4-6-14-28)23(30)16-22-20-8-7-18-15-19(29)9-11-24(18,2)21(20)10-12-25(22,26)3/h4-7,13-14,19-23,29-30H,8-12,15-16H2,1-3H3/p+1/t19-,20-,21+,22+,23+,24-,25-,26+/m0/s1. The number of nitrogens with zero attached hydrogens (tertiary/aromatic N) is 2. The fraction of sp³-hybridized carbons (Fsp3) is 0.692. The third kappa shape index (κ3) is 2.62. The summed E-state index contributed by atoms with van der Waals surface area (Å²) in [5, 5.41) is 35.5. The van der Waals surface area contributed by atoms with E-state index in [4.69, 9.17) is 0 Å². The Morgan fingerprint density at radius 3 is 2.52 bits per heavy atom. The van der Waals surface area contributed by atoms with E-state index in [9.17, 15) is 15.4 Å². The third-order valence-corrected chi connectivity index (χ3v) is 10.1. The smallest absolute Gasteiger partial charge is 0.239 e. The lowest BCUT2D eigenvalue weighted by Gasteiger charge is -2.58. The summed E-state index contributed by atoms with van der Waals surface area (Å²) < 4.78 is 2.11. The Morgan fingerprint density at radius 1 is 1.06 bits per heavy atom. The molecule has 168 valence electrons. The van der Waals surface area contributed by atoms with E-state index in [2.05, 4.69) is 29.6 Å². The molecule has 0 bridgehead atoms. The molecule has 0 spiro atoms. The molecule has 4 aliphatic rings. The maximum atomic E-state index is 11.7. The van der Waals surface area contributed by atoms with Crippen LogP contribution in [0.25, 0.3) is 0 Å². The number of rotatable bonds is 2. The Morgan fingerprint density at radius 2 is 1.81 bits per heavy atom. The fourth-order valence-electron chi connectivity index (χ4n) is 8.68. The summed E-state index contributed by atoms with van der Waals surface area (Å²) in [5.74, 6) is 1.45. The number of hydrogen-bond acceptors (Lipinski definition) is 4. The first kappa shape index (κ1) is 21.1. The van der Waals surface area contributed by atoms with Gasteiger partial charge in [-0.25, -0.2) is 0 Å². The second-order valence-electron chi connectivity index (χ2n) is 11.1. The highest BCUT2D eigenvalue weighted by molar-refractivity contribution is 5.89. The summed E-state index contributed by atoms with van der Waals surface area (Å²) in [4.78, 5) is 0. The summed E-state index contributed by atoms with van der Waals surface area (Å²) in [6, 6.07) is 5.97. The van der Waals surface area contributed by atoms with Crippen LogP contribution in [0.2, 0.25) is 0 Å². The first-order valence-corrected chi connectivity index (χ1v) is 12.0. The molecule has 1 aromatic heterocycles. The highest BCUT2D eigenvalue weighted by Gasteiger charge is 2.74. The molecule has 31 heavy (non-hydrogen) atoms. The lowest BCUT2D eigenvalue weighted by molar-refractivity contribution is -0.766. The van der Waals surface area contributed by atoms with Crippen LogP contribution in [0.5, 0.6) is 0 Å². The molecule has 1 heterocycles. The van der Waals surface area contributed by atoms with Gasteiger partial charge in [0.25, 0.3) is 0 Å². The summed E-state index contributed by atoms with van der Waals surface area (Å²) in [6.07, 6.45) is 12.3. The Balaban J connectivity index is 1.61. The van der Waals surface area contributed by atoms with Crippen LogP contribution in [0.3, 0.4) is 0 Å². The van der Waals surface area contributed by atoms with Crippen LogP contribution in [0.15, 0.2) is 47.4 Å². The Hall–Kier alpha value is -1.72. The van der Waals surface area contributed by atoms with Crippen molar-refractivity contribution in [2.75, 3.05) is 0 Å². The molecule has 5 rings (SSSR count). The zero-order valence-electron chi connectivity index (χ0n) is 19.0. The average Bonchev–Trinajstić information content (AvgIpc) is 3.01. The zero-order chi connectivity index (χ0) is 22.0. The fourth-order valence-corrected chi connectivity index (χ4v) is 8.68. The summed E-state index contributed by atoms with van der Waals surface area (Å²) in [5.41, 5.74) is 1.28. The SMILES string of the molecule is CC(=NO)[C@@]1([n+]2ccccc2)[C@H](O)C[C@@H]2[C@H]3CC=C4C[C@@H](O)CC[C@]4(C)[C@@H]3CC[C@@]21C. The molecule has 3 saturated carbocycles. The molecule has 5 heteroatoms. The van der Waals surface area contributed by atoms with Crippen molar-refractivity contribution in [2.45, 2.75) is 83.5 Å². The molecule has 4 aliphatic carbocycles. The van der Waals surface area contributed by atoms with Crippen LogP contribution in [0.1, 0.15) is 65.7 Å². The van der Waals surface area contributed by atoms with Crippen molar-refractivity contribution in [1.29, 1.82) is 0 Å². The van der Waals surface area contributed by atoms with E-state index in [0.717, 1.165) is 44.9 Å². The molecule has 0 unspecified atom stereocenters. The first-order chi connectivity index (χ1) is 14.8. The molecule has 5 nitrogen and oxygen atoms in total. The molecule has 0 amide bonds. The normalized spacial score (nSPS) is 47.2. The quantitative estimate of drug-likeness (QED) is 0.222. The largest absolute Gasteiger partial charge is 0.411 e. The second kappa shape index (κ2) is 7.14. The van der Waals surface area contributed by atoms with Gasteiger partial charge >= 0.3 is 0 Å². The van der Waals surface area contributed by atoms with Gasteiger partial charge in [0, 0.05) is 17.5 Å². The molecule has 0 aliphatic heterocycles. The van der Waals surface area contributed by atoms with Crippen molar-refractivity contribution < 1.29 is 20.0 Å². The number of pyridine rings is 1. The molecule has 8 atom stereocenters. The third-order valence-electron chi connectivity index (χ3n) is 10.1. The van der Waals surface area contributed by atoms with E-state index >= 15 is 0 Å². The van der Waals surface area contributed by atoms with E-state index < -0.39 is 11.6 Å². The van der Waals surface area contributed by atoms with Gasteiger partial charge in [-0.2, -0.15) is 4.57 Å². The van der Waals surface area contributed by atoms with Gasteiger partial charge in [-0.1, -0.05) is 36.7 Å². The minimum Gasteiger partial charge on any atom is -0.411 e. The lowest BCUT2D eigenvalue weighted by atomic mass is 9.46. The van der Waals surface area contributed by atoms with Gasteiger partial charge in [-0.15, -0.1) is 0 Å². The first-order valence-electron chi connectivity index (χ1n) is 12.0. The number of aliphatic hydroxyl groups excluding tert-OH is 2. The number of aromatic nitrogens is 1. The number of hydrogen-bond donors (Lipinski definition) is 3. The molecule has 0 aromatic carbocycles. The van der Waals surface area contributed by atoms with Crippen LogP contribution in [-0.4, -0.2) is 33.3 Å². The van der Waals surface area contributed by atoms with Crippen molar-refractivity contribution >= 4 is 5.71 Å². The van der Waals surface area contributed by atoms with Crippen molar-refractivity contribution in [3.8, 4) is 0 Å². The van der Waals surface area contributed by atoms with E-state index in [1.807, 2.05) is 37.5 Å². The Labute approximate surface area is 185 Å². The Kier molecular flexibility index (Phi) is 4.87. The van der Waals surface area contributed by atoms with Gasteiger partial charge in [0.1, 0.15) is 11.8 Å². The molecule has 3 N–H and O–H groups in total. The van der Waals surface area contributed by atoms with E-state index in [0.29, 0.717) is 23.5 Å². The van der Waals surface area contributed by atoms with Crippen molar-refractivity contribution in [3.05, 3.63) is 42.2 Å². The van der Waals surface area contributed by atoms with Gasteiger partial charge in [0.05, 0.1) is 6.10 Å². The van der Waals surface area contributed by atoms with Crippen molar-refractivity contribution in [1.82, 2.24) is 0 Å². The molecule has 3 fully saturated rings. The summed E-state index contributed by atoms with van der Waals surface area (Å²) in [6.45, 7) is 6.62. The van der Waals surface area contributed by atoms with Gasteiger partial charge in [-0.3, -0.25) is 0 Å². The molecular formula is C26H37N2O3+. The van der Waals surface area contributed by atoms with Crippen LogP contribution >= 0.6 is 0 Å². The van der Waals surface area contributed by atoms with Gasteiger partial charge in [0.2, 0.25) is 5.54 Å². The van der Waals surface area contributed by atoms with Crippen LogP contribution in [0.4, 0.5) is 0 Å². The number of fused-ring (bicyclic) bond motifs is 5. The summed E-state index contributed by atoms with van der Waals surface area (Å²) in [7, 11) is 0. The predicted molar refractivity (Wildman–Crippen MR) is 119 cm³/mol. The van der Waals surface area contributed by atoms with Crippen LogP contribution in [-0.2, 0) is 5.54 Å². The number of allylic oxidation sites excluding steroid dienone is 1. The highest BCUT2D eigenvalue weighted by Crippen LogP contribution is 2.68. The van der Waals surface area contributed by atoms with Gasteiger partial charge in [-0.05, 0) is 75.0 Å². The molecule has 1 aromatic rings. The highest BCUT2D eigenvalue weighted by atomic mass is 16.4. The molecule has 0 radical (unpaired) electrons. The van der Waals surface area contributed by atoms with E-state index in [1.54, 1.807) is 0 Å². The van der Waals surface area contributed by atoms with Crippen molar-refractivity contribution in [2.24, 2.45) is 33.7 Å². The van der Waals surface area contributed by atoms with Gasteiger partial charge in [0.15, 0.2) is 12.4 Å². The number of aliphatic hydroxyl groups is 2. The maximum absolute atomic E-state index is 11.7. The summed E-state index contributed by atoms with van der Waals surface area (Å²) >= 11 is 0. The number of oxime groups is 1. The van der Waals surface area contributed by atoms with Gasteiger partial charge < -0.3 is 15.4 Å². The molecule has 0 saturated heterocycles. The minimum atomic E-state index is -0.744. The topological polar surface area (TPSA) is 76.9 Å². The average molecular weight is 426 g/mol. The second-order valence-corrected chi connectivity index (χ2v) is 11.1. The minimum absolute atomic E-state index is 0.166. The zero-order valence-corrected chi connectivity index (χ0v) is 19.0. The van der Waals surface area contributed by atoms with Crippen LogP contribution in [0, 0.1) is 28.6 Å². The van der Waals surface area contributed by atoms with Crippen LogP contribution < -0.4 is 4.57 Å². The predicted octanol–water partition coefficient (Wildman–Crippen LogP) is 3.81. The molecular weight excluding hydrogens is 388 g/mol. The maximum Gasteiger partial charge on any atom is 0.239 e. The Bertz CT molecular complexity index is 914. The van der Waals surface area contributed by atoms with E-state index in [1.165, 1.54) is 5.57 Å². The lowest BCUT2D eigenvalue weighted by Crippen LogP contribution is -2.72. The monoisotopic (exact) mass is 425 g/mol. The van der Waals surface area contributed by atoms with Crippen molar-refractivity contribution in [3.63, 3.8) is 0 Å². The van der Waals surface area contributed by atoms with E-state index in [-0.39, 0.29) is 16.9 Å².